The number of methoxy groups -OCH3 is 1. The number of aryl methyl sites for hydroxylation is 2. The molecule has 2 aromatic rings. The van der Waals surface area contributed by atoms with Gasteiger partial charge in [-0.15, -0.1) is 0 Å². The lowest BCUT2D eigenvalue weighted by Crippen LogP contribution is -2.18. The first kappa shape index (κ1) is 14.7. The van der Waals surface area contributed by atoms with E-state index in [1.54, 1.807) is 0 Å². The molecule has 3 nitrogen and oxygen atoms in total. The van der Waals surface area contributed by atoms with Gasteiger partial charge in [0.15, 0.2) is 0 Å². The summed E-state index contributed by atoms with van der Waals surface area (Å²) in [4.78, 5) is 16.5. The normalized spacial score (nSPS) is 24.5. The fraction of sp³-hybridized carbons (Fsp3) is 0.368. The number of rotatable bonds is 2. The Hall–Kier alpha value is -1.87. The summed E-state index contributed by atoms with van der Waals surface area (Å²) >= 11 is 6.21. The summed E-state index contributed by atoms with van der Waals surface area (Å²) in [5, 5.41) is 0.767. The molecule has 2 atom stereocenters. The van der Waals surface area contributed by atoms with Gasteiger partial charge in [0.05, 0.1) is 12.8 Å². The van der Waals surface area contributed by atoms with Crippen molar-refractivity contribution in [2.45, 2.75) is 31.1 Å². The Labute approximate surface area is 140 Å². The lowest BCUT2D eigenvalue weighted by atomic mass is 9.85. The number of benzene rings is 1. The van der Waals surface area contributed by atoms with Gasteiger partial charge in [-0.1, -0.05) is 23.7 Å². The van der Waals surface area contributed by atoms with Crippen LogP contribution in [0.15, 0.2) is 36.5 Å². The highest BCUT2D eigenvalue weighted by atomic mass is 35.5. The SMILES string of the molecule is COC(=O)C[C@H]1C[C@@]12c1ccc(Cl)cc1CCc1cccnc12. The van der Waals surface area contributed by atoms with Crippen molar-refractivity contribution in [3.05, 3.63) is 63.9 Å². The van der Waals surface area contributed by atoms with Crippen LogP contribution in [0.2, 0.25) is 5.02 Å². The molecule has 0 amide bonds. The molecule has 0 bridgehead atoms. The molecule has 0 N–H and O–H groups in total. The number of fused-ring (bicyclic) bond motifs is 4. The molecule has 1 spiro atoms. The van der Waals surface area contributed by atoms with Crippen molar-refractivity contribution in [2.75, 3.05) is 7.11 Å². The summed E-state index contributed by atoms with van der Waals surface area (Å²) in [5.74, 6) is 0.103. The van der Waals surface area contributed by atoms with Crippen LogP contribution < -0.4 is 0 Å². The summed E-state index contributed by atoms with van der Waals surface area (Å²) in [6, 6.07) is 10.3. The summed E-state index contributed by atoms with van der Waals surface area (Å²) in [7, 11) is 1.45. The topological polar surface area (TPSA) is 39.2 Å². The third-order valence-corrected chi connectivity index (χ3v) is 5.51. The van der Waals surface area contributed by atoms with Gasteiger partial charge in [-0.25, -0.2) is 0 Å². The zero-order chi connectivity index (χ0) is 16.0. The molecule has 1 heterocycles. The minimum atomic E-state index is -0.152. The smallest absolute Gasteiger partial charge is 0.305 e. The molecule has 1 aromatic carbocycles. The van der Waals surface area contributed by atoms with E-state index in [0.29, 0.717) is 6.42 Å². The van der Waals surface area contributed by atoms with Gasteiger partial charge in [0.1, 0.15) is 0 Å². The number of halogens is 1. The largest absolute Gasteiger partial charge is 0.469 e. The van der Waals surface area contributed by atoms with E-state index in [1.165, 1.54) is 23.8 Å². The lowest BCUT2D eigenvalue weighted by Gasteiger charge is -2.20. The average Bonchev–Trinajstić information content (AvgIpc) is 3.29. The van der Waals surface area contributed by atoms with Gasteiger partial charge in [0, 0.05) is 23.1 Å². The molecule has 0 radical (unpaired) electrons. The number of nitrogens with zero attached hydrogens (tertiary/aromatic N) is 1. The molecule has 1 aromatic heterocycles. The number of carbonyl (C=O) groups is 1. The molecular formula is C19H18ClNO2. The monoisotopic (exact) mass is 327 g/mol. The molecule has 0 saturated heterocycles. The van der Waals surface area contributed by atoms with E-state index in [0.717, 1.165) is 30.0 Å². The molecule has 0 aliphatic heterocycles. The van der Waals surface area contributed by atoms with Gasteiger partial charge >= 0.3 is 5.97 Å². The number of pyridine rings is 1. The zero-order valence-corrected chi connectivity index (χ0v) is 13.8. The van der Waals surface area contributed by atoms with Gasteiger partial charge in [0.25, 0.3) is 0 Å². The van der Waals surface area contributed by atoms with Crippen LogP contribution in [0.4, 0.5) is 0 Å². The minimum Gasteiger partial charge on any atom is -0.469 e. The van der Waals surface area contributed by atoms with Crippen molar-refractivity contribution in [1.29, 1.82) is 0 Å². The number of hydrogen-bond donors (Lipinski definition) is 0. The van der Waals surface area contributed by atoms with E-state index in [1.807, 2.05) is 18.3 Å². The van der Waals surface area contributed by atoms with Gasteiger partial charge in [0.2, 0.25) is 0 Å². The summed E-state index contributed by atoms with van der Waals surface area (Å²) in [6.07, 6.45) is 5.16. The molecule has 4 rings (SSSR count). The van der Waals surface area contributed by atoms with Crippen LogP contribution in [0, 0.1) is 5.92 Å². The molecule has 2 aliphatic rings. The Balaban J connectivity index is 1.86. The Morgan fingerprint density at radius 2 is 2.17 bits per heavy atom. The number of esters is 1. The predicted octanol–water partition coefficient (Wildman–Crippen LogP) is 3.70. The zero-order valence-electron chi connectivity index (χ0n) is 13.0. The van der Waals surface area contributed by atoms with E-state index < -0.39 is 0 Å². The second kappa shape index (κ2) is 5.34. The number of ether oxygens (including phenoxy) is 1. The first-order chi connectivity index (χ1) is 11.1. The second-order valence-corrected chi connectivity index (χ2v) is 6.90. The Kier molecular flexibility index (Phi) is 3.42. The second-order valence-electron chi connectivity index (χ2n) is 6.47. The maximum atomic E-state index is 11.8. The van der Waals surface area contributed by atoms with Crippen molar-refractivity contribution in [1.82, 2.24) is 4.98 Å². The molecule has 23 heavy (non-hydrogen) atoms. The molecule has 0 unspecified atom stereocenters. The van der Waals surface area contributed by atoms with E-state index in [2.05, 4.69) is 18.2 Å². The standard InChI is InChI=1S/C19H18ClNO2/c1-23-17(22)10-14-11-19(14)16-7-6-15(20)9-13(16)5-4-12-3-2-8-21-18(12)19/h2-3,6-9,14H,4-5,10-11H2,1H3/t14-,19-/m0/s1. The number of carbonyl (C=O) groups excluding carboxylic acids is 1. The minimum absolute atomic E-state index is 0.149. The van der Waals surface area contributed by atoms with Gasteiger partial charge in [-0.2, -0.15) is 0 Å². The molecular weight excluding hydrogens is 310 g/mol. The molecule has 118 valence electrons. The maximum absolute atomic E-state index is 11.8. The Morgan fingerprint density at radius 3 is 3.00 bits per heavy atom. The highest BCUT2D eigenvalue weighted by Gasteiger charge is 2.60. The molecule has 1 fully saturated rings. The van der Waals surface area contributed by atoms with Crippen LogP contribution in [-0.4, -0.2) is 18.1 Å². The van der Waals surface area contributed by atoms with Crippen LogP contribution >= 0.6 is 11.6 Å². The van der Waals surface area contributed by atoms with Crippen molar-refractivity contribution < 1.29 is 9.53 Å². The predicted molar refractivity (Wildman–Crippen MR) is 88.6 cm³/mol. The fourth-order valence-corrected chi connectivity index (χ4v) is 4.32. The molecule has 2 aliphatic carbocycles. The number of aromatic nitrogens is 1. The fourth-order valence-electron chi connectivity index (χ4n) is 4.12. The lowest BCUT2D eigenvalue weighted by molar-refractivity contribution is -0.141. The highest BCUT2D eigenvalue weighted by molar-refractivity contribution is 6.30. The van der Waals surface area contributed by atoms with E-state index >= 15 is 0 Å². The molecule has 1 saturated carbocycles. The van der Waals surface area contributed by atoms with E-state index in [9.17, 15) is 4.79 Å². The third-order valence-electron chi connectivity index (χ3n) is 5.27. The summed E-state index contributed by atoms with van der Waals surface area (Å²) in [6.45, 7) is 0. The third kappa shape index (κ3) is 2.26. The van der Waals surface area contributed by atoms with Crippen LogP contribution in [0.3, 0.4) is 0 Å². The van der Waals surface area contributed by atoms with E-state index in [4.69, 9.17) is 21.3 Å². The Bertz CT molecular complexity index is 789. The first-order valence-corrected chi connectivity index (χ1v) is 8.33. The van der Waals surface area contributed by atoms with Gasteiger partial charge in [-0.3, -0.25) is 9.78 Å². The maximum Gasteiger partial charge on any atom is 0.305 e. The van der Waals surface area contributed by atoms with Crippen LogP contribution in [0.25, 0.3) is 0 Å². The Morgan fingerprint density at radius 1 is 1.35 bits per heavy atom. The quantitative estimate of drug-likeness (QED) is 0.789. The van der Waals surface area contributed by atoms with Crippen LogP contribution in [0.1, 0.15) is 35.2 Å². The molecule has 4 heteroatoms. The van der Waals surface area contributed by atoms with Gasteiger partial charge in [-0.05, 0) is 60.1 Å². The van der Waals surface area contributed by atoms with Gasteiger partial charge < -0.3 is 4.74 Å². The van der Waals surface area contributed by atoms with Crippen molar-refractivity contribution in [3.8, 4) is 0 Å². The van der Waals surface area contributed by atoms with Crippen LogP contribution in [0.5, 0.6) is 0 Å². The highest BCUT2D eigenvalue weighted by Crippen LogP contribution is 2.62. The first-order valence-electron chi connectivity index (χ1n) is 7.95. The van der Waals surface area contributed by atoms with Crippen molar-refractivity contribution in [2.24, 2.45) is 5.92 Å². The summed E-state index contributed by atoms with van der Waals surface area (Å²) in [5.41, 5.74) is 4.83. The average molecular weight is 328 g/mol. The van der Waals surface area contributed by atoms with Crippen molar-refractivity contribution in [3.63, 3.8) is 0 Å². The summed E-state index contributed by atoms with van der Waals surface area (Å²) < 4.78 is 4.88. The number of hydrogen-bond acceptors (Lipinski definition) is 3. The van der Waals surface area contributed by atoms with Crippen molar-refractivity contribution >= 4 is 17.6 Å². The van der Waals surface area contributed by atoms with Crippen LogP contribution in [-0.2, 0) is 27.8 Å². The van der Waals surface area contributed by atoms with E-state index in [-0.39, 0.29) is 17.3 Å².